The lowest BCUT2D eigenvalue weighted by atomic mass is 9.93. The molecule has 0 unspecified atom stereocenters. The molecule has 0 spiro atoms. The van der Waals surface area contributed by atoms with E-state index in [1.807, 2.05) is 13.8 Å². The van der Waals surface area contributed by atoms with Crippen molar-refractivity contribution in [2.75, 3.05) is 11.9 Å². The Morgan fingerprint density at radius 3 is 2.57 bits per heavy atom. The molecule has 28 heavy (non-hydrogen) atoms. The van der Waals surface area contributed by atoms with Crippen LogP contribution in [-0.2, 0) is 17.8 Å². The summed E-state index contributed by atoms with van der Waals surface area (Å²) in [6, 6.07) is 6.77. The molecule has 3 rings (SSSR count). The van der Waals surface area contributed by atoms with Crippen molar-refractivity contribution >= 4 is 28.2 Å². The van der Waals surface area contributed by atoms with Gasteiger partial charge in [-0.2, -0.15) is 0 Å². The van der Waals surface area contributed by atoms with E-state index in [1.165, 1.54) is 11.3 Å². The van der Waals surface area contributed by atoms with E-state index in [-0.39, 0.29) is 16.5 Å². The second-order valence-corrected chi connectivity index (χ2v) is 9.01. The lowest BCUT2D eigenvalue weighted by Crippen LogP contribution is -2.33. The zero-order valence-corrected chi connectivity index (χ0v) is 17.3. The highest BCUT2D eigenvalue weighted by Crippen LogP contribution is 2.40. The number of benzene rings is 1. The van der Waals surface area contributed by atoms with E-state index in [1.54, 1.807) is 24.3 Å². The lowest BCUT2D eigenvalue weighted by molar-refractivity contribution is -0.255. The zero-order chi connectivity index (χ0) is 20.5. The zero-order valence-electron chi connectivity index (χ0n) is 16.5. The highest BCUT2D eigenvalue weighted by Gasteiger charge is 2.32. The number of carboxylic acids is 1. The number of carbonyl (C=O) groups excluding carboxylic acids is 2. The van der Waals surface area contributed by atoms with Crippen molar-refractivity contribution in [3.8, 4) is 5.75 Å². The second-order valence-electron chi connectivity index (χ2n) is 7.90. The number of nitrogens with one attached hydrogen (secondary N) is 1. The summed E-state index contributed by atoms with van der Waals surface area (Å²) < 4.78 is 11.4. The van der Waals surface area contributed by atoms with Crippen LogP contribution in [0.4, 0.5) is 5.00 Å². The average molecular weight is 402 g/mol. The average Bonchev–Trinajstić information content (AvgIpc) is 2.96. The molecule has 0 atom stereocenters. The monoisotopic (exact) mass is 402 g/mol. The summed E-state index contributed by atoms with van der Waals surface area (Å²) in [5.41, 5.74) is 0.713. The van der Waals surface area contributed by atoms with Gasteiger partial charge in [0.1, 0.15) is 10.8 Å². The van der Waals surface area contributed by atoms with Crippen LogP contribution in [0.15, 0.2) is 24.3 Å². The number of hydrogen-bond acceptors (Lipinski definition) is 6. The molecule has 6 nitrogen and oxygen atoms in total. The van der Waals surface area contributed by atoms with Crippen molar-refractivity contribution in [3.63, 3.8) is 0 Å². The van der Waals surface area contributed by atoms with Gasteiger partial charge in [-0.05, 0) is 49.6 Å². The van der Waals surface area contributed by atoms with Gasteiger partial charge in [-0.25, -0.2) is 0 Å². The van der Waals surface area contributed by atoms with Crippen molar-refractivity contribution in [1.29, 1.82) is 0 Å². The Morgan fingerprint density at radius 2 is 1.96 bits per heavy atom. The Kier molecular flexibility index (Phi) is 5.76. The second kappa shape index (κ2) is 7.93. The highest BCUT2D eigenvalue weighted by atomic mass is 32.1. The Labute approximate surface area is 168 Å². The molecular formula is C21H24NO5S-. The minimum atomic E-state index is -1.29. The SMILES string of the molecule is CC(C)COc1ccc(C(=O)Nc2sc3c(c2C(=O)[O-])CC(C)(C)OC3)cc1. The minimum absolute atomic E-state index is 0.0570. The molecule has 1 aliphatic rings. The third-order valence-corrected chi connectivity index (χ3v) is 5.54. The predicted octanol–water partition coefficient (Wildman–Crippen LogP) is 3.25. The van der Waals surface area contributed by atoms with Crippen LogP contribution in [0.5, 0.6) is 5.75 Å². The summed E-state index contributed by atoms with van der Waals surface area (Å²) >= 11 is 1.23. The molecule has 0 radical (unpaired) electrons. The van der Waals surface area contributed by atoms with Crippen molar-refractivity contribution in [2.24, 2.45) is 5.92 Å². The van der Waals surface area contributed by atoms with Crippen molar-refractivity contribution in [1.82, 2.24) is 0 Å². The first kappa shape index (κ1) is 20.4. The first-order chi connectivity index (χ1) is 13.2. The van der Waals surface area contributed by atoms with Crippen LogP contribution in [0.1, 0.15) is 58.9 Å². The molecule has 2 heterocycles. The van der Waals surface area contributed by atoms with E-state index in [0.29, 0.717) is 42.4 Å². The topological polar surface area (TPSA) is 87.7 Å². The molecule has 2 aromatic rings. The smallest absolute Gasteiger partial charge is 0.256 e. The third-order valence-electron chi connectivity index (χ3n) is 4.42. The van der Waals surface area contributed by atoms with Gasteiger partial charge in [0.25, 0.3) is 5.91 Å². The summed E-state index contributed by atoms with van der Waals surface area (Å²) in [6.45, 7) is 8.86. The molecule has 1 aromatic heterocycles. The number of carbonyl (C=O) groups is 2. The van der Waals surface area contributed by atoms with Gasteiger partial charge >= 0.3 is 0 Å². The third kappa shape index (κ3) is 4.54. The molecule has 1 N–H and O–H groups in total. The maximum absolute atomic E-state index is 12.6. The first-order valence-corrected chi connectivity index (χ1v) is 10.0. The molecule has 0 saturated carbocycles. The number of anilines is 1. The van der Waals surface area contributed by atoms with Crippen LogP contribution >= 0.6 is 11.3 Å². The van der Waals surface area contributed by atoms with Gasteiger partial charge in [-0.15, -0.1) is 11.3 Å². The van der Waals surface area contributed by atoms with E-state index in [2.05, 4.69) is 19.2 Å². The summed E-state index contributed by atoms with van der Waals surface area (Å²) in [7, 11) is 0. The first-order valence-electron chi connectivity index (χ1n) is 9.20. The number of ether oxygens (including phenoxy) is 2. The molecule has 7 heteroatoms. The predicted molar refractivity (Wildman–Crippen MR) is 106 cm³/mol. The molecular weight excluding hydrogens is 378 g/mol. The molecule has 0 aliphatic carbocycles. The van der Waals surface area contributed by atoms with Gasteiger partial charge < -0.3 is 24.7 Å². The highest BCUT2D eigenvalue weighted by molar-refractivity contribution is 7.17. The molecule has 1 amide bonds. The quantitative estimate of drug-likeness (QED) is 0.801. The Balaban J connectivity index is 1.79. The van der Waals surface area contributed by atoms with Gasteiger partial charge in [0, 0.05) is 22.4 Å². The van der Waals surface area contributed by atoms with Gasteiger partial charge in [-0.1, -0.05) is 13.8 Å². The number of amides is 1. The Hall–Kier alpha value is -2.38. The molecule has 0 fully saturated rings. The molecule has 150 valence electrons. The normalized spacial score (nSPS) is 15.2. The van der Waals surface area contributed by atoms with Crippen LogP contribution in [0.25, 0.3) is 0 Å². The van der Waals surface area contributed by atoms with Gasteiger partial charge in [0.05, 0.1) is 24.8 Å². The van der Waals surface area contributed by atoms with Crippen LogP contribution in [0.2, 0.25) is 0 Å². The number of fused-ring (bicyclic) bond motifs is 1. The van der Waals surface area contributed by atoms with Crippen LogP contribution < -0.4 is 15.2 Å². The number of thiophene rings is 1. The maximum atomic E-state index is 12.6. The molecule has 0 bridgehead atoms. The van der Waals surface area contributed by atoms with E-state index < -0.39 is 11.6 Å². The lowest BCUT2D eigenvalue weighted by Gasteiger charge is -2.30. The van der Waals surface area contributed by atoms with E-state index in [4.69, 9.17) is 9.47 Å². The fraction of sp³-hybridized carbons (Fsp3) is 0.429. The van der Waals surface area contributed by atoms with Crippen molar-refractivity contribution < 1.29 is 24.2 Å². The Morgan fingerprint density at radius 1 is 1.29 bits per heavy atom. The maximum Gasteiger partial charge on any atom is 0.256 e. The summed E-state index contributed by atoms with van der Waals surface area (Å²) in [5.74, 6) is -0.573. The standard InChI is InChI=1S/C21H25NO5S/c1-12(2)10-26-14-7-5-13(6-8-14)18(23)22-19-17(20(24)25)15-9-21(3,4)27-11-16(15)28-19/h5-8,12H,9-11H2,1-4H3,(H,22,23)(H,24,25)/p-1. The number of carboxylic acid groups (broad SMARTS) is 1. The van der Waals surface area contributed by atoms with Crippen molar-refractivity contribution in [2.45, 2.75) is 46.3 Å². The summed E-state index contributed by atoms with van der Waals surface area (Å²) in [6.07, 6.45) is 0.458. The molecule has 1 aromatic carbocycles. The van der Waals surface area contributed by atoms with Crippen molar-refractivity contribution in [3.05, 3.63) is 45.8 Å². The number of rotatable bonds is 6. The van der Waals surface area contributed by atoms with E-state index in [9.17, 15) is 14.7 Å². The summed E-state index contributed by atoms with van der Waals surface area (Å²) in [5, 5.41) is 14.8. The largest absolute Gasteiger partial charge is 0.545 e. The van der Waals surface area contributed by atoms with Crippen LogP contribution in [0, 0.1) is 5.92 Å². The van der Waals surface area contributed by atoms with Gasteiger partial charge in [0.15, 0.2) is 0 Å². The minimum Gasteiger partial charge on any atom is -0.545 e. The fourth-order valence-corrected chi connectivity index (χ4v) is 4.11. The summed E-state index contributed by atoms with van der Waals surface area (Å²) in [4.78, 5) is 25.2. The number of aromatic carboxylic acids is 1. The molecule has 1 aliphatic heterocycles. The van der Waals surface area contributed by atoms with Crippen LogP contribution in [0.3, 0.4) is 0 Å². The van der Waals surface area contributed by atoms with E-state index >= 15 is 0 Å². The molecule has 0 saturated heterocycles. The van der Waals surface area contributed by atoms with Gasteiger partial charge in [0.2, 0.25) is 0 Å². The van der Waals surface area contributed by atoms with Crippen LogP contribution in [-0.4, -0.2) is 24.1 Å². The van der Waals surface area contributed by atoms with Gasteiger partial charge in [-0.3, -0.25) is 4.79 Å². The fourth-order valence-electron chi connectivity index (χ4n) is 3.00. The Bertz CT molecular complexity index is 883. The van der Waals surface area contributed by atoms with E-state index in [0.717, 1.165) is 4.88 Å². The number of hydrogen-bond donors (Lipinski definition) is 1.